The van der Waals surface area contributed by atoms with Gasteiger partial charge in [0.25, 0.3) is 5.56 Å². The third-order valence-corrected chi connectivity index (χ3v) is 6.43. The molecule has 9 nitrogen and oxygen atoms in total. The van der Waals surface area contributed by atoms with E-state index in [0.717, 1.165) is 11.3 Å². The molecule has 172 valence electrons. The Balaban J connectivity index is 1.56. The van der Waals surface area contributed by atoms with Gasteiger partial charge in [-0.15, -0.1) is 0 Å². The zero-order valence-electron chi connectivity index (χ0n) is 17.6. The topological polar surface area (TPSA) is 93.7 Å². The summed E-state index contributed by atoms with van der Waals surface area (Å²) >= 11 is 0. The number of ketones is 1. The van der Waals surface area contributed by atoms with E-state index < -0.39 is 30.1 Å². The van der Waals surface area contributed by atoms with Crippen LogP contribution in [0.15, 0.2) is 15.4 Å². The second-order valence-electron chi connectivity index (χ2n) is 8.50. The Kier molecular flexibility index (Phi) is 4.80. The highest BCUT2D eigenvalue weighted by atomic mass is 19.4. The van der Waals surface area contributed by atoms with Crippen molar-refractivity contribution in [2.75, 3.05) is 29.5 Å². The molecular formula is C20H22F3N5O4. The summed E-state index contributed by atoms with van der Waals surface area (Å²) in [5.41, 5.74) is 0.0138. The van der Waals surface area contributed by atoms with Crippen LogP contribution in [-0.4, -0.2) is 64.6 Å². The summed E-state index contributed by atoms with van der Waals surface area (Å²) in [5.74, 6) is -0.169. The number of carbonyl (C=O) groups is 1. The van der Waals surface area contributed by atoms with Crippen LogP contribution in [-0.2, 0) is 11.3 Å². The average Bonchev–Trinajstić information content (AvgIpc) is 3.43. The number of halogens is 3. The minimum atomic E-state index is -4.60. The fourth-order valence-electron chi connectivity index (χ4n) is 4.92. The quantitative estimate of drug-likeness (QED) is 0.648. The van der Waals surface area contributed by atoms with Crippen molar-refractivity contribution in [3.8, 4) is 0 Å². The monoisotopic (exact) mass is 453 g/mol. The van der Waals surface area contributed by atoms with Gasteiger partial charge >= 0.3 is 6.18 Å². The van der Waals surface area contributed by atoms with Gasteiger partial charge in [-0.2, -0.15) is 18.2 Å². The standard InChI is InChI=1S/C20H22F3N5O4/c1-10-18(11(2)32-25-10)14(29)8-28-15(20(21,22)23)3-4-26-17(30)6-16(24-19(26)28)27-7-13-5-12(27)9-31-13/h6,12-13,15H,3-5,7-9H2,1-2H3/t12?,13?,15-/m0/s1. The van der Waals surface area contributed by atoms with Gasteiger partial charge in [-0.25, -0.2) is 0 Å². The molecule has 0 aromatic carbocycles. The van der Waals surface area contributed by atoms with E-state index in [1.54, 1.807) is 6.92 Å². The van der Waals surface area contributed by atoms with Crippen LogP contribution in [0.4, 0.5) is 24.9 Å². The van der Waals surface area contributed by atoms with Gasteiger partial charge in [0.1, 0.15) is 17.6 Å². The molecule has 0 radical (unpaired) electrons. The predicted octanol–water partition coefficient (Wildman–Crippen LogP) is 1.85. The summed E-state index contributed by atoms with van der Waals surface area (Å²) in [7, 11) is 0. The first-order chi connectivity index (χ1) is 15.1. The smallest absolute Gasteiger partial charge is 0.374 e. The van der Waals surface area contributed by atoms with E-state index in [0.29, 0.717) is 24.7 Å². The zero-order valence-corrected chi connectivity index (χ0v) is 17.6. The largest absolute Gasteiger partial charge is 0.408 e. The van der Waals surface area contributed by atoms with Crippen molar-refractivity contribution >= 4 is 17.5 Å². The van der Waals surface area contributed by atoms with Gasteiger partial charge in [0, 0.05) is 19.2 Å². The van der Waals surface area contributed by atoms with Crippen molar-refractivity contribution in [1.82, 2.24) is 14.7 Å². The molecule has 5 heterocycles. The van der Waals surface area contributed by atoms with Crippen LogP contribution in [0.25, 0.3) is 0 Å². The molecule has 0 N–H and O–H groups in total. The highest BCUT2D eigenvalue weighted by molar-refractivity contribution is 6.00. The molecule has 0 saturated carbocycles. The zero-order chi connectivity index (χ0) is 22.8. The normalized spacial score (nSPS) is 24.8. The molecule has 2 saturated heterocycles. The Morgan fingerprint density at radius 1 is 1.31 bits per heavy atom. The van der Waals surface area contributed by atoms with Crippen LogP contribution in [0.3, 0.4) is 0 Å². The SMILES string of the molecule is Cc1noc(C)c1C(=O)CN1c2nc(N3CC4CC3CO4)cc(=O)n2CC[C@H]1C(F)(F)F. The van der Waals surface area contributed by atoms with Crippen molar-refractivity contribution < 1.29 is 27.2 Å². The summed E-state index contributed by atoms with van der Waals surface area (Å²) < 4.78 is 53.6. The number of alkyl halides is 3. The first-order valence-electron chi connectivity index (χ1n) is 10.4. The fraction of sp³-hybridized carbons (Fsp3) is 0.600. The predicted molar refractivity (Wildman–Crippen MR) is 106 cm³/mol. The van der Waals surface area contributed by atoms with E-state index in [9.17, 15) is 22.8 Å². The summed E-state index contributed by atoms with van der Waals surface area (Å²) in [6.45, 7) is 3.38. The van der Waals surface area contributed by atoms with Crippen LogP contribution in [0.1, 0.15) is 34.7 Å². The average molecular weight is 453 g/mol. The Hall–Kier alpha value is -2.89. The van der Waals surface area contributed by atoms with Crippen LogP contribution in [0.5, 0.6) is 0 Å². The number of rotatable bonds is 4. The lowest BCUT2D eigenvalue weighted by molar-refractivity contribution is -0.152. The van der Waals surface area contributed by atoms with Crippen molar-refractivity contribution in [3.05, 3.63) is 33.4 Å². The molecule has 3 aliphatic rings. The summed E-state index contributed by atoms with van der Waals surface area (Å²) in [5, 5.41) is 3.72. The number of morpholine rings is 1. The second-order valence-corrected chi connectivity index (χ2v) is 8.50. The van der Waals surface area contributed by atoms with Gasteiger partial charge in [0.05, 0.1) is 36.6 Å². The van der Waals surface area contributed by atoms with Crippen molar-refractivity contribution in [3.63, 3.8) is 0 Å². The molecule has 32 heavy (non-hydrogen) atoms. The van der Waals surface area contributed by atoms with Crippen molar-refractivity contribution in [1.29, 1.82) is 0 Å². The van der Waals surface area contributed by atoms with E-state index >= 15 is 0 Å². The highest BCUT2D eigenvalue weighted by Crippen LogP contribution is 2.36. The third-order valence-electron chi connectivity index (χ3n) is 6.43. The number of aryl methyl sites for hydroxylation is 2. The first kappa shape index (κ1) is 21.0. The molecule has 2 aromatic heterocycles. The van der Waals surface area contributed by atoms with E-state index in [1.165, 1.54) is 17.6 Å². The summed E-state index contributed by atoms with van der Waals surface area (Å²) in [6.07, 6.45) is -4.13. The minimum Gasteiger partial charge on any atom is -0.374 e. The molecule has 2 fully saturated rings. The number of carbonyl (C=O) groups excluding carboxylic acids is 1. The lowest BCUT2D eigenvalue weighted by atomic mass is 10.1. The van der Waals surface area contributed by atoms with Gasteiger partial charge in [-0.1, -0.05) is 5.16 Å². The fourth-order valence-corrected chi connectivity index (χ4v) is 4.92. The number of Topliss-reactive ketones (excluding diaryl/α,β-unsaturated/α-hetero) is 1. The number of hydrogen-bond donors (Lipinski definition) is 0. The van der Waals surface area contributed by atoms with Gasteiger partial charge in [0.15, 0.2) is 5.78 Å². The maximum atomic E-state index is 13.9. The number of fused-ring (bicyclic) bond motifs is 3. The minimum absolute atomic E-state index is 0.0285. The molecule has 3 atom stereocenters. The molecule has 2 bridgehead atoms. The number of hydrogen-bond acceptors (Lipinski definition) is 8. The molecule has 3 aliphatic heterocycles. The maximum absolute atomic E-state index is 13.9. The van der Waals surface area contributed by atoms with Crippen molar-refractivity contribution in [2.45, 2.75) is 57.6 Å². The summed E-state index contributed by atoms with van der Waals surface area (Å²) in [6, 6.07) is -0.548. The Labute approximate surface area is 180 Å². The molecule has 5 rings (SSSR count). The van der Waals surface area contributed by atoms with E-state index in [4.69, 9.17) is 9.26 Å². The van der Waals surface area contributed by atoms with Gasteiger partial charge in [-0.3, -0.25) is 14.2 Å². The van der Waals surface area contributed by atoms with E-state index in [-0.39, 0.29) is 42.4 Å². The number of nitrogens with zero attached hydrogens (tertiary/aromatic N) is 5. The molecule has 12 heteroatoms. The Morgan fingerprint density at radius 3 is 2.69 bits per heavy atom. The van der Waals surface area contributed by atoms with Gasteiger partial charge < -0.3 is 19.1 Å². The molecule has 2 aromatic rings. The molecule has 0 spiro atoms. The molecule has 0 aliphatic carbocycles. The summed E-state index contributed by atoms with van der Waals surface area (Å²) in [4.78, 5) is 33.1. The maximum Gasteiger partial charge on any atom is 0.408 e. The van der Waals surface area contributed by atoms with Crippen LogP contribution in [0, 0.1) is 13.8 Å². The van der Waals surface area contributed by atoms with Gasteiger partial charge in [-0.05, 0) is 26.7 Å². The van der Waals surface area contributed by atoms with Crippen molar-refractivity contribution in [2.24, 2.45) is 0 Å². The molecule has 0 amide bonds. The Bertz CT molecular complexity index is 1110. The number of ether oxygens (including phenoxy) is 1. The number of aromatic nitrogens is 3. The van der Waals surface area contributed by atoms with Crippen LogP contribution >= 0.6 is 0 Å². The third kappa shape index (κ3) is 3.37. The number of anilines is 2. The second kappa shape index (κ2) is 7.32. The lowest BCUT2D eigenvalue weighted by Crippen LogP contribution is -2.54. The molecular weight excluding hydrogens is 431 g/mol. The van der Waals surface area contributed by atoms with Crippen LogP contribution < -0.4 is 15.4 Å². The first-order valence-corrected chi connectivity index (χ1v) is 10.4. The van der Waals surface area contributed by atoms with Gasteiger partial charge in [0.2, 0.25) is 5.95 Å². The van der Waals surface area contributed by atoms with E-state index in [1.807, 2.05) is 4.90 Å². The van der Waals surface area contributed by atoms with Crippen LogP contribution in [0.2, 0.25) is 0 Å². The Morgan fingerprint density at radius 2 is 2.09 bits per heavy atom. The van der Waals surface area contributed by atoms with E-state index in [2.05, 4.69) is 10.1 Å². The lowest BCUT2D eigenvalue weighted by Gasteiger charge is -2.39. The highest BCUT2D eigenvalue weighted by Gasteiger charge is 2.48. The molecule has 2 unspecified atom stereocenters.